The molecule has 196 valence electrons. The van der Waals surface area contributed by atoms with Gasteiger partial charge in [-0.2, -0.15) is 0 Å². The van der Waals surface area contributed by atoms with Gasteiger partial charge >= 0.3 is 0 Å². The van der Waals surface area contributed by atoms with Gasteiger partial charge in [-0.05, 0) is 93.8 Å². The first-order valence-corrected chi connectivity index (χ1v) is 13.7. The van der Waals surface area contributed by atoms with E-state index in [0.717, 1.165) is 32.4 Å². The molecular formula is C32H47N3O. The van der Waals surface area contributed by atoms with Crippen molar-refractivity contribution in [2.75, 3.05) is 33.7 Å². The molecule has 36 heavy (non-hydrogen) atoms. The zero-order chi connectivity index (χ0) is 26.6. The summed E-state index contributed by atoms with van der Waals surface area (Å²) in [7, 11) is 3.91. The molecule has 1 fully saturated rings. The largest absolute Gasteiger partial charge is 0.354 e. The second kappa shape index (κ2) is 12.1. The van der Waals surface area contributed by atoms with Crippen LogP contribution in [0.25, 0.3) is 16.5 Å². The number of nitrogens with one attached hydrogen (secondary N) is 1. The van der Waals surface area contributed by atoms with Crippen LogP contribution >= 0.6 is 0 Å². The van der Waals surface area contributed by atoms with Gasteiger partial charge in [-0.15, -0.1) is 0 Å². The molecule has 1 amide bonds. The second-order valence-corrected chi connectivity index (χ2v) is 11.3. The number of allylic oxidation sites excluding steroid dienone is 5. The normalized spacial score (nSPS) is 17.2. The minimum Gasteiger partial charge on any atom is -0.354 e. The van der Waals surface area contributed by atoms with Gasteiger partial charge < -0.3 is 14.8 Å². The van der Waals surface area contributed by atoms with Crippen LogP contribution in [0.2, 0.25) is 0 Å². The summed E-state index contributed by atoms with van der Waals surface area (Å²) < 4.78 is 0. The molecule has 4 nitrogen and oxygen atoms in total. The standard InChI is InChI=1S/C32H47N3O/c1-10-22(5)24(7)18-27(23(6)11-2)32-31(21(3)4)28-19-26(12-13-29(28)33-32)25-14-16-35(17-15-25)30(36)20-34(8)9/h11-13,18-19,21-22,25,33H,2,10,14-17,20H2,1,3-9H3/b24-18-,27-23+. The molecule has 1 aromatic carbocycles. The predicted octanol–water partition coefficient (Wildman–Crippen LogP) is 7.51. The topological polar surface area (TPSA) is 39.3 Å². The summed E-state index contributed by atoms with van der Waals surface area (Å²) in [6.07, 6.45) is 7.52. The van der Waals surface area contributed by atoms with Crippen molar-refractivity contribution in [2.24, 2.45) is 5.92 Å². The number of hydrogen-bond acceptors (Lipinski definition) is 2. The highest BCUT2D eigenvalue weighted by molar-refractivity contribution is 5.93. The Kier molecular flexibility index (Phi) is 9.41. The fourth-order valence-electron chi connectivity index (χ4n) is 5.31. The fraction of sp³-hybridized carbons (Fsp3) is 0.531. The third kappa shape index (κ3) is 6.21. The van der Waals surface area contributed by atoms with Crippen molar-refractivity contribution in [1.82, 2.24) is 14.8 Å². The van der Waals surface area contributed by atoms with E-state index in [0.29, 0.717) is 24.3 Å². The van der Waals surface area contributed by atoms with E-state index in [-0.39, 0.29) is 5.91 Å². The smallest absolute Gasteiger partial charge is 0.236 e. The van der Waals surface area contributed by atoms with E-state index in [4.69, 9.17) is 0 Å². The number of aromatic amines is 1. The average Bonchev–Trinajstić information content (AvgIpc) is 3.24. The molecule has 0 spiro atoms. The molecule has 0 aliphatic carbocycles. The highest BCUT2D eigenvalue weighted by Crippen LogP contribution is 2.38. The molecule has 2 aromatic rings. The Morgan fingerprint density at radius 3 is 2.42 bits per heavy atom. The lowest BCUT2D eigenvalue weighted by Crippen LogP contribution is -2.42. The van der Waals surface area contributed by atoms with E-state index in [1.165, 1.54) is 44.4 Å². The summed E-state index contributed by atoms with van der Waals surface area (Å²) in [6.45, 7) is 19.8. The van der Waals surface area contributed by atoms with Crippen LogP contribution in [-0.2, 0) is 4.79 Å². The van der Waals surface area contributed by atoms with E-state index < -0.39 is 0 Å². The van der Waals surface area contributed by atoms with E-state index >= 15 is 0 Å². The van der Waals surface area contributed by atoms with E-state index in [2.05, 4.69) is 77.4 Å². The van der Waals surface area contributed by atoms with Gasteiger partial charge in [-0.25, -0.2) is 0 Å². The summed E-state index contributed by atoms with van der Waals surface area (Å²) in [5.74, 6) is 1.67. The Morgan fingerprint density at radius 1 is 1.19 bits per heavy atom. The first kappa shape index (κ1) is 28.0. The van der Waals surface area contributed by atoms with Gasteiger partial charge in [0.2, 0.25) is 5.91 Å². The molecule has 1 aliphatic heterocycles. The molecule has 1 N–H and O–H groups in total. The van der Waals surface area contributed by atoms with Crippen LogP contribution in [0, 0.1) is 5.92 Å². The number of amides is 1. The number of carbonyl (C=O) groups is 1. The third-order valence-electron chi connectivity index (χ3n) is 7.97. The number of H-pyrrole nitrogens is 1. The number of rotatable bonds is 9. The number of fused-ring (bicyclic) bond motifs is 1. The van der Waals surface area contributed by atoms with Gasteiger partial charge in [0.05, 0.1) is 12.2 Å². The molecule has 1 aliphatic rings. The third-order valence-corrected chi connectivity index (χ3v) is 7.97. The van der Waals surface area contributed by atoms with Gasteiger partial charge in [0.1, 0.15) is 0 Å². The average molecular weight is 490 g/mol. The van der Waals surface area contributed by atoms with Gasteiger partial charge in [-0.3, -0.25) is 4.79 Å². The van der Waals surface area contributed by atoms with E-state index in [9.17, 15) is 4.79 Å². The monoisotopic (exact) mass is 489 g/mol. The maximum Gasteiger partial charge on any atom is 0.236 e. The van der Waals surface area contributed by atoms with E-state index in [1.54, 1.807) is 0 Å². The molecule has 0 bridgehead atoms. The Morgan fingerprint density at radius 2 is 1.86 bits per heavy atom. The fourth-order valence-corrected chi connectivity index (χ4v) is 5.31. The lowest BCUT2D eigenvalue weighted by molar-refractivity contribution is -0.132. The lowest BCUT2D eigenvalue weighted by atomic mass is 9.87. The molecule has 4 heteroatoms. The van der Waals surface area contributed by atoms with E-state index in [1.807, 2.05) is 30.0 Å². The number of carbonyl (C=O) groups excluding carboxylic acids is 1. The van der Waals surface area contributed by atoms with Crippen molar-refractivity contribution < 1.29 is 4.79 Å². The number of likely N-dealkylation sites (tertiary alicyclic amines) is 1. The van der Waals surface area contributed by atoms with Crippen LogP contribution in [0.5, 0.6) is 0 Å². The van der Waals surface area contributed by atoms with Crippen LogP contribution in [-0.4, -0.2) is 54.4 Å². The first-order valence-electron chi connectivity index (χ1n) is 13.7. The number of likely N-dealkylation sites (N-methyl/N-ethyl adjacent to an activating group) is 1. The van der Waals surface area contributed by atoms with Crippen molar-refractivity contribution in [3.8, 4) is 0 Å². The van der Waals surface area contributed by atoms with Crippen LogP contribution < -0.4 is 0 Å². The van der Waals surface area contributed by atoms with Crippen LogP contribution in [0.15, 0.2) is 48.1 Å². The highest BCUT2D eigenvalue weighted by Gasteiger charge is 2.25. The van der Waals surface area contributed by atoms with Gasteiger partial charge in [-0.1, -0.05) is 58.1 Å². The number of aromatic nitrogens is 1. The van der Waals surface area contributed by atoms with Crippen molar-refractivity contribution in [3.63, 3.8) is 0 Å². The van der Waals surface area contributed by atoms with Crippen LogP contribution in [0.3, 0.4) is 0 Å². The molecular weight excluding hydrogens is 442 g/mol. The Bertz CT molecular complexity index is 1140. The van der Waals surface area contributed by atoms with Crippen molar-refractivity contribution >= 4 is 22.4 Å². The summed E-state index contributed by atoms with van der Waals surface area (Å²) in [4.78, 5) is 20.3. The predicted molar refractivity (Wildman–Crippen MR) is 155 cm³/mol. The molecule has 0 radical (unpaired) electrons. The molecule has 0 saturated carbocycles. The molecule has 1 saturated heterocycles. The van der Waals surface area contributed by atoms with Gasteiger partial charge in [0.25, 0.3) is 0 Å². The second-order valence-electron chi connectivity index (χ2n) is 11.3. The summed E-state index contributed by atoms with van der Waals surface area (Å²) in [5.41, 5.74) is 9.04. The van der Waals surface area contributed by atoms with Gasteiger partial charge in [0, 0.05) is 29.6 Å². The number of hydrogen-bond donors (Lipinski definition) is 1. The summed E-state index contributed by atoms with van der Waals surface area (Å²) >= 11 is 0. The van der Waals surface area contributed by atoms with Crippen molar-refractivity contribution in [2.45, 2.75) is 72.6 Å². The maximum absolute atomic E-state index is 12.5. The molecule has 1 aromatic heterocycles. The zero-order valence-corrected chi connectivity index (χ0v) is 23.9. The number of piperidine rings is 1. The molecule has 2 heterocycles. The SMILES string of the molecule is C=C/C(C)=C(\C=C(\C)C(C)CC)c1[nH]c2ccc(C3CCN(C(=O)CN(C)C)CC3)cc2c1C(C)C. The minimum atomic E-state index is 0.240. The number of benzene rings is 1. The van der Waals surface area contributed by atoms with Crippen molar-refractivity contribution in [3.05, 3.63) is 64.9 Å². The first-order chi connectivity index (χ1) is 17.1. The van der Waals surface area contributed by atoms with Crippen LogP contribution in [0.4, 0.5) is 0 Å². The molecule has 1 unspecified atom stereocenters. The zero-order valence-electron chi connectivity index (χ0n) is 23.9. The molecule has 1 atom stereocenters. The lowest BCUT2D eigenvalue weighted by Gasteiger charge is -2.33. The summed E-state index contributed by atoms with van der Waals surface area (Å²) in [5, 5.41) is 1.33. The minimum absolute atomic E-state index is 0.240. The number of nitrogens with zero attached hydrogens (tertiary/aromatic N) is 2. The highest BCUT2D eigenvalue weighted by atomic mass is 16.2. The Balaban J connectivity index is 1.98. The van der Waals surface area contributed by atoms with Crippen molar-refractivity contribution in [1.29, 1.82) is 0 Å². The summed E-state index contributed by atoms with van der Waals surface area (Å²) in [6, 6.07) is 6.97. The Hall–Kier alpha value is -2.59. The molecule has 3 rings (SSSR count). The quantitative estimate of drug-likeness (QED) is 0.370. The maximum atomic E-state index is 12.5. The van der Waals surface area contributed by atoms with Gasteiger partial charge in [0.15, 0.2) is 0 Å². The van der Waals surface area contributed by atoms with Crippen LogP contribution in [0.1, 0.15) is 89.5 Å². The Labute approximate surface area is 219 Å².